The summed E-state index contributed by atoms with van der Waals surface area (Å²) in [6.45, 7) is 7.13. The van der Waals surface area contributed by atoms with Crippen molar-refractivity contribution in [2.75, 3.05) is 6.61 Å². The number of rotatable bonds is 10. The average molecular weight is 228 g/mol. The van der Waals surface area contributed by atoms with E-state index in [0.717, 1.165) is 37.9 Å². The predicted octanol–water partition coefficient (Wildman–Crippen LogP) is 4.04. The van der Waals surface area contributed by atoms with Gasteiger partial charge in [-0.25, -0.2) is 0 Å². The maximum absolute atomic E-state index is 9.80. The van der Waals surface area contributed by atoms with Gasteiger partial charge in [-0.05, 0) is 24.8 Å². The summed E-state index contributed by atoms with van der Waals surface area (Å²) in [7, 11) is 0. The Morgan fingerprint density at radius 2 is 1.88 bits per heavy atom. The Labute approximate surface area is 101 Å². The molecule has 0 spiro atoms. The molecular formula is C14H28O2. The summed E-state index contributed by atoms with van der Waals surface area (Å²) < 4.78 is 5.48. The summed E-state index contributed by atoms with van der Waals surface area (Å²) in [5, 5.41) is 9.80. The summed E-state index contributed by atoms with van der Waals surface area (Å²) in [5.41, 5.74) is 1.03. The van der Waals surface area contributed by atoms with E-state index >= 15 is 0 Å². The third-order valence-electron chi connectivity index (χ3n) is 2.75. The van der Waals surface area contributed by atoms with E-state index in [2.05, 4.69) is 20.8 Å². The summed E-state index contributed by atoms with van der Waals surface area (Å²) in [6, 6.07) is 0. The minimum Gasteiger partial charge on any atom is -0.501 e. The number of ether oxygens (including phenoxy) is 1. The molecule has 16 heavy (non-hydrogen) atoms. The Kier molecular flexibility index (Phi) is 10.7. The minimum atomic E-state index is -0.314. The molecule has 2 nitrogen and oxygen atoms in total. The Morgan fingerprint density at radius 3 is 2.44 bits per heavy atom. The lowest BCUT2D eigenvalue weighted by Crippen LogP contribution is -2.09. The van der Waals surface area contributed by atoms with Crippen LogP contribution < -0.4 is 0 Å². The highest BCUT2D eigenvalue weighted by Gasteiger charge is 2.07. The van der Waals surface area contributed by atoms with Crippen molar-refractivity contribution in [1.29, 1.82) is 0 Å². The first kappa shape index (κ1) is 15.5. The van der Waals surface area contributed by atoms with Crippen LogP contribution in [-0.2, 0) is 4.74 Å². The molecule has 0 saturated carbocycles. The third kappa shape index (κ3) is 7.75. The van der Waals surface area contributed by atoms with E-state index in [1.165, 1.54) is 19.3 Å². The zero-order valence-corrected chi connectivity index (χ0v) is 11.2. The van der Waals surface area contributed by atoms with E-state index in [4.69, 9.17) is 4.74 Å². The molecule has 0 radical (unpaired) electrons. The Balaban J connectivity index is 3.71. The zero-order valence-electron chi connectivity index (χ0n) is 11.2. The van der Waals surface area contributed by atoms with Crippen LogP contribution in [-0.4, -0.2) is 17.8 Å². The maximum Gasteiger partial charge on any atom is 0.0873 e. The first-order valence-electron chi connectivity index (χ1n) is 6.74. The van der Waals surface area contributed by atoms with Gasteiger partial charge in [0.2, 0.25) is 0 Å². The van der Waals surface area contributed by atoms with Crippen LogP contribution in [0, 0.1) is 0 Å². The van der Waals surface area contributed by atoms with E-state index < -0.39 is 0 Å². The second-order valence-electron chi connectivity index (χ2n) is 4.28. The van der Waals surface area contributed by atoms with Crippen molar-refractivity contribution in [3.63, 3.8) is 0 Å². The van der Waals surface area contributed by atoms with Crippen molar-refractivity contribution >= 4 is 0 Å². The molecule has 0 aromatic heterocycles. The van der Waals surface area contributed by atoms with Crippen LogP contribution in [0.2, 0.25) is 0 Å². The fourth-order valence-electron chi connectivity index (χ4n) is 1.63. The highest BCUT2D eigenvalue weighted by atomic mass is 16.5. The highest BCUT2D eigenvalue weighted by Crippen LogP contribution is 2.12. The van der Waals surface area contributed by atoms with Gasteiger partial charge in [-0.2, -0.15) is 0 Å². The normalized spacial score (nSPS) is 13.9. The molecule has 0 bridgehead atoms. The maximum atomic E-state index is 9.80. The fraction of sp³-hybridized carbons (Fsp3) is 0.857. The Morgan fingerprint density at radius 1 is 1.12 bits per heavy atom. The van der Waals surface area contributed by atoms with E-state index in [9.17, 15) is 5.11 Å². The second kappa shape index (κ2) is 11.0. The molecule has 0 heterocycles. The molecule has 2 heteroatoms. The summed E-state index contributed by atoms with van der Waals surface area (Å²) >= 11 is 0. The van der Waals surface area contributed by atoms with E-state index in [-0.39, 0.29) is 6.10 Å². The highest BCUT2D eigenvalue weighted by molar-refractivity contribution is 5.03. The Hall–Kier alpha value is -0.500. The molecule has 0 aliphatic heterocycles. The molecule has 96 valence electrons. The number of hydrogen-bond acceptors (Lipinski definition) is 2. The van der Waals surface area contributed by atoms with Crippen molar-refractivity contribution in [3.8, 4) is 0 Å². The van der Waals surface area contributed by atoms with Gasteiger partial charge in [0.05, 0.1) is 19.0 Å². The lowest BCUT2D eigenvalue weighted by Gasteiger charge is -2.12. The quantitative estimate of drug-likeness (QED) is 0.452. The van der Waals surface area contributed by atoms with E-state index in [0.29, 0.717) is 0 Å². The number of unbranched alkanes of at least 4 members (excludes halogenated alkanes) is 3. The second-order valence-corrected chi connectivity index (χ2v) is 4.28. The van der Waals surface area contributed by atoms with Crippen molar-refractivity contribution < 1.29 is 9.84 Å². The van der Waals surface area contributed by atoms with Gasteiger partial charge in [0.25, 0.3) is 0 Å². The monoisotopic (exact) mass is 228 g/mol. The van der Waals surface area contributed by atoms with Crippen LogP contribution in [0.1, 0.15) is 65.7 Å². The van der Waals surface area contributed by atoms with Gasteiger partial charge < -0.3 is 9.84 Å². The molecule has 1 unspecified atom stereocenters. The van der Waals surface area contributed by atoms with Gasteiger partial charge in [0, 0.05) is 0 Å². The lowest BCUT2D eigenvalue weighted by molar-refractivity contribution is 0.179. The van der Waals surface area contributed by atoms with E-state index in [1.54, 1.807) is 6.26 Å². The SMILES string of the molecule is CCCCCCOC=C(CC)C(O)CCC. The van der Waals surface area contributed by atoms with Gasteiger partial charge in [-0.15, -0.1) is 0 Å². The van der Waals surface area contributed by atoms with Crippen LogP contribution >= 0.6 is 0 Å². The van der Waals surface area contributed by atoms with Crippen LogP contribution in [0.15, 0.2) is 11.8 Å². The van der Waals surface area contributed by atoms with Crippen LogP contribution in [0.25, 0.3) is 0 Å². The lowest BCUT2D eigenvalue weighted by atomic mass is 10.0. The van der Waals surface area contributed by atoms with Gasteiger partial charge in [0.15, 0.2) is 0 Å². The minimum absolute atomic E-state index is 0.314. The van der Waals surface area contributed by atoms with Crippen LogP contribution in [0.3, 0.4) is 0 Å². The first-order chi connectivity index (χ1) is 7.76. The molecule has 0 aliphatic carbocycles. The number of hydrogen-bond donors (Lipinski definition) is 1. The standard InChI is InChI=1S/C14H28O2/c1-4-7-8-9-11-16-12-13(6-3)14(15)10-5-2/h12,14-15H,4-11H2,1-3H3. The zero-order chi connectivity index (χ0) is 12.2. The van der Waals surface area contributed by atoms with Crippen LogP contribution in [0.4, 0.5) is 0 Å². The molecule has 0 fully saturated rings. The Bertz CT molecular complexity index is 176. The summed E-state index contributed by atoms with van der Waals surface area (Å²) in [6.07, 6.45) is 9.06. The molecule has 0 saturated heterocycles. The molecule has 0 aromatic carbocycles. The molecule has 1 N–H and O–H groups in total. The van der Waals surface area contributed by atoms with Gasteiger partial charge in [0.1, 0.15) is 0 Å². The number of aliphatic hydroxyl groups is 1. The van der Waals surface area contributed by atoms with Crippen molar-refractivity contribution in [3.05, 3.63) is 11.8 Å². The van der Waals surface area contributed by atoms with Crippen molar-refractivity contribution in [2.45, 2.75) is 71.8 Å². The van der Waals surface area contributed by atoms with Crippen molar-refractivity contribution in [1.82, 2.24) is 0 Å². The fourth-order valence-corrected chi connectivity index (χ4v) is 1.63. The third-order valence-corrected chi connectivity index (χ3v) is 2.75. The van der Waals surface area contributed by atoms with Gasteiger partial charge in [-0.1, -0.05) is 46.5 Å². The molecule has 0 aliphatic rings. The van der Waals surface area contributed by atoms with Gasteiger partial charge in [-0.3, -0.25) is 0 Å². The molecule has 1 atom stereocenters. The first-order valence-corrected chi connectivity index (χ1v) is 6.74. The predicted molar refractivity (Wildman–Crippen MR) is 69.4 cm³/mol. The molecule has 0 aromatic rings. The largest absolute Gasteiger partial charge is 0.501 e. The summed E-state index contributed by atoms with van der Waals surface area (Å²) in [4.78, 5) is 0. The van der Waals surface area contributed by atoms with Crippen LogP contribution in [0.5, 0.6) is 0 Å². The smallest absolute Gasteiger partial charge is 0.0873 e. The average Bonchev–Trinajstić information content (AvgIpc) is 2.28. The number of aliphatic hydroxyl groups excluding tert-OH is 1. The topological polar surface area (TPSA) is 29.5 Å². The van der Waals surface area contributed by atoms with Gasteiger partial charge >= 0.3 is 0 Å². The van der Waals surface area contributed by atoms with E-state index in [1.807, 2.05) is 0 Å². The van der Waals surface area contributed by atoms with Crippen molar-refractivity contribution in [2.24, 2.45) is 0 Å². The summed E-state index contributed by atoms with van der Waals surface area (Å²) in [5.74, 6) is 0. The molecular weight excluding hydrogens is 200 g/mol. The molecule has 0 rings (SSSR count). The molecule has 0 amide bonds.